The van der Waals surface area contributed by atoms with E-state index in [9.17, 15) is 0 Å². The Labute approximate surface area is 158 Å². The van der Waals surface area contributed by atoms with Crippen LogP contribution in [0.4, 0.5) is 0 Å². The van der Waals surface area contributed by atoms with Gasteiger partial charge in [0.05, 0.1) is 13.1 Å². The topological polar surface area (TPSA) is 9.23 Å². The van der Waals surface area contributed by atoms with Crippen molar-refractivity contribution in [2.75, 3.05) is 6.61 Å². The fraction of sp³-hybridized carbons (Fsp3) is 0.700. The zero-order valence-corrected chi connectivity index (χ0v) is 18.3. The molecule has 0 atom stereocenters. The Morgan fingerprint density at radius 1 is 1.04 bits per heavy atom. The van der Waals surface area contributed by atoms with Crippen LogP contribution in [0.25, 0.3) is 0 Å². The highest BCUT2D eigenvalue weighted by Gasteiger charge is 2.22. The van der Waals surface area contributed by atoms with Crippen molar-refractivity contribution in [1.82, 2.24) is 0 Å². The molecule has 23 heavy (non-hydrogen) atoms. The van der Waals surface area contributed by atoms with Crippen molar-refractivity contribution in [1.29, 1.82) is 0 Å². The lowest BCUT2D eigenvalue weighted by atomic mass is 9.82. The number of hydrogen-bond acceptors (Lipinski definition) is 1. The molecule has 0 amide bonds. The predicted octanol–water partition coefficient (Wildman–Crippen LogP) is 5.79. The molecular weight excluding hydrogens is 411 g/mol. The van der Waals surface area contributed by atoms with Crippen molar-refractivity contribution in [3.8, 4) is 0 Å². The predicted molar refractivity (Wildman–Crippen MR) is 113 cm³/mol. The van der Waals surface area contributed by atoms with Crippen LogP contribution in [0.1, 0.15) is 75.3 Å². The first-order valence-electron chi connectivity index (χ1n) is 9.60. The van der Waals surface area contributed by atoms with E-state index in [1.54, 1.807) is 5.56 Å². The minimum absolute atomic E-state index is 0.201. The molecule has 2 rings (SSSR count). The zero-order valence-electron chi connectivity index (χ0n) is 14.7. The lowest BCUT2D eigenvalue weighted by Crippen LogP contribution is -2.21. The number of ether oxygens (including phenoxy) is 1. The molecule has 0 heterocycles. The van der Waals surface area contributed by atoms with Crippen LogP contribution in [0, 0.1) is 0 Å². The van der Waals surface area contributed by atoms with Gasteiger partial charge in [0, 0.05) is 6.61 Å². The van der Waals surface area contributed by atoms with Gasteiger partial charge in [0.25, 0.3) is 0 Å². The fourth-order valence-corrected chi connectivity index (χ4v) is 5.56. The van der Waals surface area contributed by atoms with Crippen LogP contribution in [0.2, 0.25) is 6.04 Å². The van der Waals surface area contributed by atoms with Gasteiger partial charge < -0.3 is 4.74 Å². The Morgan fingerprint density at radius 2 is 1.78 bits per heavy atom. The Balaban J connectivity index is 1.70. The van der Waals surface area contributed by atoms with E-state index in [0.29, 0.717) is 6.10 Å². The number of rotatable bonds is 10. The Bertz CT molecular complexity index is 412. The first kappa shape index (κ1) is 19.5. The molecule has 0 aromatic heterocycles. The van der Waals surface area contributed by atoms with Gasteiger partial charge in [-0.15, -0.1) is 21.8 Å². The summed E-state index contributed by atoms with van der Waals surface area (Å²) in [6.07, 6.45) is 12.2. The van der Waals surface area contributed by atoms with Gasteiger partial charge in [-0.3, -0.25) is 0 Å². The van der Waals surface area contributed by atoms with Crippen molar-refractivity contribution < 1.29 is 4.74 Å². The third-order valence-corrected chi connectivity index (χ3v) is 8.13. The quantitative estimate of drug-likeness (QED) is 0.192. The largest absolute Gasteiger partial charge is 0.378 e. The Morgan fingerprint density at radius 3 is 2.43 bits per heavy atom. The lowest BCUT2D eigenvalue weighted by molar-refractivity contribution is 0.0252. The maximum absolute atomic E-state index is 6.06. The van der Waals surface area contributed by atoms with Crippen LogP contribution in [0.15, 0.2) is 24.3 Å². The Kier molecular flexibility index (Phi) is 9.85. The second-order valence-corrected chi connectivity index (χ2v) is 11.3. The average molecular weight is 444 g/mol. The van der Waals surface area contributed by atoms with E-state index in [0.717, 1.165) is 12.5 Å². The van der Waals surface area contributed by atoms with Gasteiger partial charge in [0.2, 0.25) is 0 Å². The average Bonchev–Trinajstić information content (AvgIpc) is 2.60. The van der Waals surface area contributed by atoms with Crippen LogP contribution in [0.3, 0.4) is 0 Å². The van der Waals surface area contributed by atoms with Crippen LogP contribution in [-0.4, -0.2) is 19.7 Å². The maximum atomic E-state index is 6.06. The standard InChI is InChI=1S/C20H33IOSi/c1-2-3-4-6-17-7-9-18(10-8-17)19-11-13-20(14-12-19)22-15-5-16-23-21/h7-10,19-20H,2-6,11-16,23H2,1H3/t19-,20-. The normalized spacial score (nSPS) is 22.0. The molecule has 0 aliphatic heterocycles. The van der Waals surface area contributed by atoms with Crippen molar-refractivity contribution >= 4 is 28.8 Å². The molecule has 0 saturated heterocycles. The molecule has 1 aromatic carbocycles. The highest BCUT2D eigenvalue weighted by atomic mass is 127. The number of benzene rings is 1. The fourth-order valence-electron chi connectivity index (χ4n) is 3.54. The molecule has 3 heteroatoms. The summed E-state index contributed by atoms with van der Waals surface area (Å²) in [7, 11) is 0.201. The van der Waals surface area contributed by atoms with Crippen molar-refractivity contribution in [3.05, 3.63) is 35.4 Å². The van der Waals surface area contributed by atoms with Crippen molar-refractivity contribution in [3.63, 3.8) is 0 Å². The van der Waals surface area contributed by atoms with Crippen LogP contribution >= 0.6 is 21.8 Å². The third-order valence-electron chi connectivity index (χ3n) is 5.08. The van der Waals surface area contributed by atoms with Gasteiger partial charge in [-0.2, -0.15) is 0 Å². The van der Waals surface area contributed by atoms with Gasteiger partial charge in [-0.25, -0.2) is 0 Å². The van der Waals surface area contributed by atoms with E-state index >= 15 is 0 Å². The van der Waals surface area contributed by atoms with Crippen LogP contribution < -0.4 is 0 Å². The molecule has 0 bridgehead atoms. The minimum Gasteiger partial charge on any atom is -0.378 e. The van der Waals surface area contributed by atoms with Crippen molar-refractivity contribution in [2.45, 2.75) is 82.8 Å². The SMILES string of the molecule is CCCCCc1ccc([C@H]2CC[C@H](OCCC[SiH2]I)CC2)cc1. The molecule has 1 aromatic rings. The molecule has 0 spiro atoms. The molecule has 0 radical (unpaired) electrons. The Hall–Kier alpha value is 0.127. The highest BCUT2D eigenvalue weighted by Crippen LogP contribution is 2.34. The minimum atomic E-state index is 0.201. The first-order chi connectivity index (χ1) is 11.3. The molecular formula is C20H33IOSi. The van der Waals surface area contributed by atoms with Crippen molar-refractivity contribution in [2.24, 2.45) is 0 Å². The summed E-state index contributed by atoms with van der Waals surface area (Å²) in [6.45, 7) is 3.27. The van der Waals surface area contributed by atoms with Gasteiger partial charge in [0.15, 0.2) is 0 Å². The van der Waals surface area contributed by atoms with E-state index in [4.69, 9.17) is 4.74 Å². The summed E-state index contributed by atoms with van der Waals surface area (Å²) in [5.74, 6) is 0.765. The number of halogens is 1. The molecule has 1 fully saturated rings. The van der Waals surface area contributed by atoms with Gasteiger partial charge in [-0.1, -0.05) is 50.1 Å². The molecule has 1 aliphatic carbocycles. The molecule has 0 unspecified atom stereocenters. The summed E-state index contributed by atoms with van der Waals surface area (Å²) in [5.41, 5.74) is 3.07. The molecule has 1 aliphatic rings. The van der Waals surface area contributed by atoms with E-state index < -0.39 is 0 Å². The van der Waals surface area contributed by atoms with E-state index in [1.807, 2.05) is 0 Å². The summed E-state index contributed by atoms with van der Waals surface area (Å²) < 4.78 is 6.06. The maximum Gasteiger partial charge on any atom is 0.0938 e. The molecule has 1 saturated carbocycles. The lowest BCUT2D eigenvalue weighted by Gasteiger charge is -2.29. The van der Waals surface area contributed by atoms with Crippen LogP contribution in [-0.2, 0) is 11.2 Å². The smallest absolute Gasteiger partial charge is 0.0938 e. The van der Waals surface area contributed by atoms with Crippen LogP contribution in [0.5, 0.6) is 0 Å². The van der Waals surface area contributed by atoms with E-state index in [2.05, 4.69) is 53.0 Å². The van der Waals surface area contributed by atoms with Gasteiger partial charge >= 0.3 is 0 Å². The number of aryl methyl sites for hydroxylation is 1. The summed E-state index contributed by atoms with van der Waals surface area (Å²) in [4.78, 5) is 0. The third kappa shape index (κ3) is 7.26. The number of hydrogen-bond donors (Lipinski definition) is 0. The van der Waals surface area contributed by atoms with Gasteiger partial charge in [0.1, 0.15) is 0 Å². The summed E-state index contributed by atoms with van der Waals surface area (Å²) in [5, 5.41) is 0. The summed E-state index contributed by atoms with van der Waals surface area (Å²) >= 11 is 2.59. The molecule has 1 nitrogen and oxygen atoms in total. The van der Waals surface area contributed by atoms with Gasteiger partial charge in [-0.05, 0) is 62.0 Å². The highest BCUT2D eigenvalue weighted by molar-refractivity contribution is 14.1. The van der Waals surface area contributed by atoms with E-state index in [1.165, 1.54) is 69.4 Å². The summed E-state index contributed by atoms with van der Waals surface area (Å²) in [6, 6.07) is 10.9. The number of unbranched alkanes of at least 4 members (excludes halogenated alkanes) is 2. The molecule has 130 valence electrons. The monoisotopic (exact) mass is 444 g/mol. The second kappa shape index (κ2) is 11.6. The first-order valence-corrected chi connectivity index (χ1v) is 15.7. The second-order valence-electron chi connectivity index (χ2n) is 6.94. The molecule has 0 N–H and O–H groups in total. The van der Waals surface area contributed by atoms with E-state index in [-0.39, 0.29) is 7.02 Å². The zero-order chi connectivity index (χ0) is 16.3.